The number of carbonyl (C=O) groups is 3. The van der Waals surface area contributed by atoms with Crippen molar-refractivity contribution in [1.29, 1.82) is 0 Å². The van der Waals surface area contributed by atoms with Crippen molar-refractivity contribution in [1.82, 2.24) is 4.90 Å². The lowest BCUT2D eigenvalue weighted by molar-refractivity contribution is -0.259. The van der Waals surface area contributed by atoms with E-state index in [4.69, 9.17) is 24.5 Å². The number of hydrogen-bond acceptors (Lipinski definition) is 10. The molecule has 5 atom stereocenters. The monoisotopic (exact) mass is 588 g/mol. The molecule has 3 aromatic carbocycles. The summed E-state index contributed by atoms with van der Waals surface area (Å²) < 4.78 is 22.9. The lowest BCUT2D eigenvalue weighted by Crippen LogP contribution is -2.67. The molecule has 5 rings (SSSR count). The largest absolute Gasteiger partial charge is 0.497 e. The number of aliphatic hydroxyl groups is 2. The number of methoxy groups -OCH3 is 1. The number of amides is 2. The van der Waals surface area contributed by atoms with Crippen LogP contribution < -0.4 is 9.47 Å². The van der Waals surface area contributed by atoms with Crippen LogP contribution in [0.2, 0.25) is 0 Å². The van der Waals surface area contributed by atoms with Gasteiger partial charge in [-0.15, -0.1) is 0 Å². The van der Waals surface area contributed by atoms with E-state index in [0.717, 1.165) is 4.90 Å². The van der Waals surface area contributed by atoms with E-state index in [9.17, 15) is 24.6 Å². The minimum atomic E-state index is -1.64. The molecule has 2 amide bonds. The number of imide groups is 1. The Kier molecular flexibility index (Phi) is 8.88. The van der Waals surface area contributed by atoms with Gasteiger partial charge in [0.15, 0.2) is 6.10 Å². The van der Waals surface area contributed by atoms with E-state index >= 15 is 0 Å². The van der Waals surface area contributed by atoms with E-state index in [-0.39, 0.29) is 29.8 Å². The lowest BCUT2D eigenvalue weighted by atomic mass is 9.95. The first-order chi connectivity index (χ1) is 20.9. The number of nitrogens with zero attached hydrogens (tertiary/aromatic N) is 4. The van der Waals surface area contributed by atoms with Gasteiger partial charge in [-0.2, -0.15) is 0 Å². The summed E-state index contributed by atoms with van der Waals surface area (Å²) in [6.07, 6.45) is -6.20. The maximum Gasteiger partial charge on any atom is 0.310 e. The van der Waals surface area contributed by atoms with Crippen LogP contribution in [0.25, 0.3) is 10.4 Å². The molecule has 13 heteroatoms. The second-order valence-corrected chi connectivity index (χ2v) is 9.81. The molecule has 222 valence electrons. The van der Waals surface area contributed by atoms with Gasteiger partial charge in [-0.1, -0.05) is 41.5 Å². The lowest BCUT2D eigenvalue weighted by Gasteiger charge is -2.45. The zero-order valence-electron chi connectivity index (χ0n) is 23.0. The molecule has 0 spiro atoms. The van der Waals surface area contributed by atoms with Gasteiger partial charge in [0.1, 0.15) is 29.7 Å². The molecule has 1 saturated heterocycles. The minimum Gasteiger partial charge on any atom is -0.497 e. The highest BCUT2D eigenvalue weighted by atomic mass is 16.7. The molecular weight excluding hydrogens is 560 g/mol. The number of ether oxygens (including phenoxy) is 4. The second-order valence-electron chi connectivity index (χ2n) is 9.81. The third kappa shape index (κ3) is 6.01. The van der Waals surface area contributed by atoms with Gasteiger partial charge in [0, 0.05) is 4.91 Å². The molecule has 0 unspecified atom stereocenters. The molecule has 13 nitrogen and oxygen atoms in total. The zero-order valence-corrected chi connectivity index (χ0v) is 23.0. The Balaban J connectivity index is 1.50. The number of aliphatic hydroxyl groups excluding tert-OH is 2. The van der Waals surface area contributed by atoms with Crippen LogP contribution in [-0.4, -0.2) is 77.3 Å². The average molecular weight is 589 g/mol. The summed E-state index contributed by atoms with van der Waals surface area (Å²) in [7, 11) is 1.50. The van der Waals surface area contributed by atoms with Gasteiger partial charge in [0.25, 0.3) is 11.8 Å². The summed E-state index contributed by atoms with van der Waals surface area (Å²) in [5, 5.41) is 24.8. The SMILES string of the molecule is COc1ccc(O[C@@H]2O[C@H](CO)[C@@H](O)[C@H](OC(=O)Cc3ccccc3CN=[N+]=[N-])[C@H]2N2C(=O)c3ccccc3C2=O)cc1. The van der Waals surface area contributed by atoms with Crippen LogP contribution in [0.15, 0.2) is 77.9 Å². The molecule has 0 aromatic heterocycles. The number of fused-ring (bicyclic) bond motifs is 1. The molecule has 2 aliphatic rings. The minimum absolute atomic E-state index is 0.00186. The molecule has 0 bridgehead atoms. The predicted molar refractivity (Wildman–Crippen MR) is 149 cm³/mol. The van der Waals surface area contributed by atoms with Crippen molar-refractivity contribution in [3.63, 3.8) is 0 Å². The third-order valence-electron chi connectivity index (χ3n) is 7.28. The molecule has 3 aromatic rings. The fraction of sp³-hybridized carbons (Fsp3) is 0.300. The first-order valence-corrected chi connectivity index (χ1v) is 13.4. The Labute approximate surface area is 245 Å². The fourth-order valence-corrected chi connectivity index (χ4v) is 5.17. The Morgan fingerprint density at radius 1 is 0.977 bits per heavy atom. The molecule has 2 heterocycles. The molecule has 1 fully saturated rings. The van der Waals surface area contributed by atoms with E-state index in [2.05, 4.69) is 10.0 Å². The molecule has 0 saturated carbocycles. The number of hydrogen-bond donors (Lipinski definition) is 2. The van der Waals surface area contributed by atoms with E-state index in [1.807, 2.05) is 0 Å². The van der Waals surface area contributed by atoms with Gasteiger partial charge in [0.2, 0.25) is 6.29 Å². The Hall–Kier alpha value is -4.94. The number of azide groups is 1. The number of rotatable bonds is 10. The van der Waals surface area contributed by atoms with Crippen molar-refractivity contribution in [3.8, 4) is 11.5 Å². The topological polar surface area (TPSA) is 181 Å². The fourth-order valence-electron chi connectivity index (χ4n) is 5.17. The van der Waals surface area contributed by atoms with Crippen molar-refractivity contribution in [2.24, 2.45) is 5.11 Å². The molecule has 0 radical (unpaired) electrons. The van der Waals surface area contributed by atoms with Crippen LogP contribution in [0.1, 0.15) is 31.8 Å². The zero-order chi connectivity index (χ0) is 30.5. The second kappa shape index (κ2) is 12.9. The van der Waals surface area contributed by atoms with Gasteiger partial charge in [-0.3, -0.25) is 19.3 Å². The maximum atomic E-state index is 13.6. The first kappa shape index (κ1) is 29.5. The molecular formula is C30H28N4O9. The number of benzene rings is 3. The van der Waals surface area contributed by atoms with Crippen LogP contribution >= 0.6 is 0 Å². The maximum absolute atomic E-state index is 13.6. The normalized spacial score (nSPS) is 22.9. The van der Waals surface area contributed by atoms with E-state index < -0.39 is 55.0 Å². The van der Waals surface area contributed by atoms with Crippen LogP contribution in [0.3, 0.4) is 0 Å². The molecule has 43 heavy (non-hydrogen) atoms. The van der Waals surface area contributed by atoms with Crippen molar-refractivity contribution in [2.45, 2.75) is 43.6 Å². The summed E-state index contributed by atoms with van der Waals surface area (Å²) in [6, 6.07) is 17.9. The van der Waals surface area contributed by atoms with E-state index in [0.29, 0.717) is 16.9 Å². The van der Waals surface area contributed by atoms with Crippen LogP contribution in [0.4, 0.5) is 0 Å². The van der Waals surface area contributed by atoms with Crippen molar-refractivity contribution >= 4 is 17.8 Å². The van der Waals surface area contributed by atoms with Crippen molar-refractivity contribution in [3.05, 3.63) is 105 Å². The Bertz CT molecular complexity index is 1520. The Morgan fingerprint density at radius 2 is 1.58 bits per heavy atom. The molecule has 2 aliphatic heterocycles. The summed E-state index contributed by atoms with van der Waals surface area (Å²) in [5.74, 6) is -1.37. The summed E-state index contributed by atoms with van der Waals surface area (Å²) in [4.78, 5) is 44.1. The highest BCUT2D eigenvalue weighted by Crippen LogP contribution is 2.35. The standard InChI is InChI=1S/C30H28N4O9/c1-40-19-10-12-20(13-11-19)41-30-25(34-28(38)21-8-4-5-9-22(21)29(34)39)27(26(37)23(16-35)42-30)43-24(36)14-17-6-2-3-7-18(17)15-32-33-31/h2-13,23,25-27,30,35,37H,14-16H2,1H3/t23-,25-,26-,27-,30-/m1/s1. The van der Waals surface area contributed by atoms with Gasteiger partial charge < -0.3 is 29.2 Å². The smallest absolute Gasteiger partial charge is 0.310 e. The molecule has 0 aliphatic carbocycles. The van der Waals surface area contributed by atoms with Crippen molar-refractivity contribution in [2.75, 3.05) is 13.7 Å². The van der Waals surface area contributed by atoms with E-state index in [1.165, 1.54) is 19.2 Å². The van der Waals surface area contributed by atoms with E-state index in [1.54, 1.807) is 60.7 Å². The number of esters is 1. The van der Waals surface area contributed by atoms with Gasteiger partial charge >= 0.3 is 5.97 Å². The van der Waals surface area contributed by atoms with Crippen molar-refractivity contribution < 1.29 is 43.5 Å². The van der Waals surface area contributed by atoms with Crippen LogP contribution in [-0.2, 0) is 27.2 Å². The first-order valence-electron chi connectivity index (χ1n) is 13.4. The van der Waals surface area contributed by atoms with Gasteiger partial charge in [-0.05, 0) is 53.1 Å². The highest BCUT2D eigenvalue weighted by molar-refractivity contribution is 6.21. The quantitative estimate of drug-likeness (QED) is 0.118. The molecule has 2 N–H and O–H groups in total. The summed E-state index contributed by atoms with van der Waals surface area (Å²) in [6.45, 7) is -0.677. The van der Waals surface area contributed by atoms with Crippen LogP contribution in [0, 0.1) is 0 Å². The average Bonchev–Trinajstić information content (AvgIpc) is 3.27. The van der Waals surface area contributed by atoms with Gasteiger partial charge in [0.05, 0.1) is 37.8 Å². The number of carbonyl (C=O) groups excluding carboxylic acids is 3. The summed E-state index contributed by atoms with van der Waals surface area (Å²) in [5.41, 5.74) is 10.1. The summed E-state index contributed by atoms with van der Waals surface area (Å²) >= 11 is 0. The Morgan fingerprint density at radius 3 is 2.19 bits per heavy atom. The highest BCUT2D eigenvalue weighted by Gasteiger charge is 2.56. The van der Waals surface area contributed by atoms with Gasteiger partial charge in [-0.25, -0.2) is 0 Å². The van der Waals surface area contributed by atoms with Crippen LogP contribution in [0.5, 0.6) is 11.5 Å². The third-order valence-corrected chi connectivity index (χ3v) is 7.28. The predicted octanol–water partition coefficient (Wildman–Crippen LogP) is 2.78.